The van der Waals surface area contributed by atoms with E-state index in [0.29, 0.717) is 6.04 Å². The van der Waals surface area contributed by atoms with Gasteiger partial charge in [0.1, 0.15) is 5.60 Å². The van der Waals surface area contributed by atoms with Crippen molar-refractivity contribution in [1.29, 1.82) is 0 Å². The van der Waals surface area contributed by atoms with Crippen molar-refractivity contribution in [2.45, 2.75) is 45.0 Å². The molecule has 150 valence electrons. The molecule has 1 aromatic heterocycles. The smallest absolute Gasteiger partial charge is 0.120 e. The van der Waals surface area contributed by atoms with E-state index in [1.807, 2.05) is 12.1 Å². The molecule has 0 aliphatic carbocycles. The number of thiophene rings is 1. The normalized spacial score (nSPS) is 18.6. The molecule has 1 aliphatic heterocycles. The molecule has 0 saturated carbocycles. The Bertz CT molecular complexity index is 785. The summed E-state index contributed by atoms with van der Waals surface area (Å²) >= 11 is 1.80. The molecular weight excluding hydrogens is 368 g/mol. The van der Waals surface area contributed by atoms with E-state index < -0.39 is 5.60 Å². The Morgan fingerprint density at radius 2 is 1.93 bits per heavy atom. The Balaban J connectivity index is 1.58. The largest absolute Gasteiger partial charge is 0.396 e. The number of nitrogens with zero attached hydrogens (tertiary/aromatic N) is 2. The topological polar surface area (TPSA) is 46.9 Å². The molecule has 1 fully saturated rings. The average Bonchev–Trinajstić information content (AvgIpc) is 3.16. The lowest BCUT2D eigenvalue weighted by Gasteiger charge is -2.41. The molecule has 2 heterocycles. The van der Waals surface area contributed by atoms with Crippen LogP contribution in [-0.2, 0) is 13.1 Å². The molecule has 0 bridgehead atoms. The van der Waals surface area contributed by atoms with Crippen molar-refractivity contribution in [2.24, 2.45) is 0 Å². The summed E-state index contributed by atoms with van der Waals surface area (Å²) in [7, 11) is 0. The molecule has 5 heteroatoms. The minimum absolute atomic E-state index is 0.230. The fourth-order valence-corrected chi connectivity index (χ4v) is 4.24. The van der Waals surface area contributed by atoms with Gasteiger partial charge in [-0.05, 0) is 49.4 Å². The van der Waals surface area contributed by atoms with E-state index in [1.165, 1.54) is 10.4 Å². The lowest BCUT2D eigenvalue weighted by molar-refractivity contribution is 0.0506. The first-order valence-corrected chi connectivity index (χ1v) is 10.7. The molecule has 1 saturated heterocycles. The zero-order valence-electron chi connectivity index (χ0n) is 16.8. The van der Waals surface area contributed by atoms with Crippen molar-refractivity contribution in [3.05, 3.63) is 57.8 Å². The highest BCUT2D eigenvalue weighted by Crippen LogP contribution is 2.20. The third kappa shape index (κ3) is 6.44. The summed E-state index contributed by atoms with van der Waals surface area (Å²) in [5, 5.41) is 21.3. The quantitative estimate of drug-likeness (QED) is 0.735. The van der Waals surface area contributed by atoms with E-state index in [-0.39, 0.29) is 6.61 Å². The van der Waals surface area contributed by atoms with Crippen molar-refractivity contribution in [1.82, 2.24) is 9.80 Å². The average molecular weight is 399 g/mol. The maximum absolute atomic E-state index is 9.72. The lowest BCUT2D eigenvalue weighted by Crippen LogP contribution is -2.52. The molecule has 4 nitrogen and oxygen atoms in total. The summed E-state index contributed by atoms with van der Waals surface area (Å²) in [4.78, 5) is 6.37. The second-order valence-corrected chi connectivity index (χ2v) is 8.99. The first kappa shape index (κ1) is 21.0. The molecule has 28 heavy (non-hydrogen) atoms. The third-order valence-corrected chi connectivity index (χ3v) is 5.82. The predicted octanol–water partition coefficient (Wildman–Crippen LogP) is 2.94. The minimum Gasteiger partial charge on any atom is -0.396 e. The summed E-state index contributed by atoms with van der Waals surface area (Å²) in [6, 6.07) is 13.0. The second kappa shape index (κ2) is 9.69. The van der Waals surface area contributed by atoms with Crippen molar-refractivity contribution in [2.75, 3.05) is 26.2 Å². The van der Waals surface area contributed by atoms with Crippen LogP contribution in [0.3, 0.4) is 0 Å². The Morgan fingerprint density at radius 1 is 1.14 bits per heavy atom. The van der Waals surface area contributed by atoms with Gasteiger partial charge in [-0.1, -0.05) is 30.0 Å². The Labute approximate surface area is 172 Å². The van der Waals surface area contributed by atoms with E-state index >= 15 is 0 Å². The van der Waals surface area contributed by atoms with Crippen LogP contribution in [0.15, 0.2) is 41.8 Å². The van der Waals surface area contributed by atoms with Gasteiger partial charge in [-0.15, -0.1) is 11.3 Å². The molecule has 0 radical (unpaired) electrons. The lowest BCUT2D eigenvalue weighted by atomic mass is 10.1. The van der Waals surface area contributed by atoms with Crippen LogP contribution in [0.4, 0.5) is 0 Å². The van der Waals surface area contributed by atoms with Gasteiger partial charge in [0.05, 0.1) is 0 Å². The zero-order valence-corrected chi connectivity index (χ0v) is 17.6. The predicted molar refractivity (Wildman–Crippen MR) is 115 cm³/mol. The van der Waals surface area contributed by atoms with Gasteiger partial charge in [-0.2, -0.15) is 0 Å². The van der Waals surface area contributed by atoms with Crippen molar-refractivity contribution >= 4 is 11.3 Å². The summed E-state index contributed by atoms with van der Waals surface area (Å²) in [5.41, 5.74) is 1.22. The Morgan fingerprint density at radius 3 is 2.57 bits per heavy atom. The summed E-state index contributed by atoms with van der Waals surface area (Å²) in [6.45, 7) is 8.54. The molecule has 0 spiro atoms. The number of rotatable bonds is 6. The highest BCUT2D eigenvalue weighted by Gasteiger charge is 2.26. The summed E-state index contributed by atoms with van der Waals surface area (Å²) in [5.74, 6) is 5.87. The van der Waals surface area contributed by atoms with Gasteiger partial charge in [0.15, 0.2) is 0 Å². The first-order chi connectivity index (χ1) is 13.4. The molecule has 1 aromatic carbocycles. The van der Waals surface area contributed by atoms with Crippen molar-refractivity contribution in [3.8, 4) is 11.8 Å². The standard InChI is InChI=1S/C23H30N2O2S/c1-23(2,27)11-9-19-5-7-20(8-6-19)16-24-12-13-25(21(17-24)10-14-26)18-22-4-3-15-28-22/h3-8,15,21,26-27H,10,12-14,16-18H2,1-2H3. The van der Waals surface area contributed by atoms with Crippen LogP contribution < -0.4 is 0 Å². The van der Waals surface area contributed by atoms with Crippen LogP contribution in [0.5, 0.6) is 0 Å². The SMILES string of the molecule is CC(C)(O)C#Cc1ccc(CN2CCN(Cc3cccs3)C(CCO)C2)cc1. The first-order valence-electron chi connectivity index (χ1n) is 9.87. The molecule has 0 amide bonds. The van der Waals surface area contributed by atoms with Crippen LogP contribution >= 0.6 is 11.3 Å². The van der Waals surface area contributed by atoms with Gasteiger partial charge in [0.25, 0.3) is 0 Å². The molecule has 1 unspecified atom stereocenters. The fourth-order valence-electron chi connectivity index (χ4n) is 3.51. The van der Waals surface area contributed by atoms with Crippen LogP contribution in [0, 0.1) is 11.8 Å². The number of hydrogen-bond donors (Lipinski definition) is 2. The maximum Gasteiger partial charge on any atom is 0.120 e. The Kier molecular flexibility index (Phi) is 7.28. The minimum atomic E-state index is -0.969. The monoisotopic (exact) mass is 398 g/mol. The van der Waals surface area contributed by atoms with Gasteiger partial charge >= 0.3 is 0 Å². The van der Waals surface area contributed by atoms with Gasteiger partial charge in [0.2, 0.25) is 0 Å². The van der Waals surface area contributed by atoms with E-state index in [9.17, 15) is 10.2 Å². The maximum atomic E-state index is 9.72. The molecule has 3 rings (SSSR count). The fraction of sp³-hybridized carbons (Fsp3) is 0.478. The van der Waals surface area contributed by atoms with Crippen LogP contribution in [0.1, 0.15) is 36.3 Å². The zero-order chi connectivity index (χ0) is 20.0. The van der Waals surface area contributed by atoms with E-state index in [0.717, 1.165) is 44.7 Å². The van der Waals surface area contributed by atoms with E-state index in [2.05, 4.69) is 51.3 Å². The Hall–Kier alpha value is -1.68. The molecular formula is C23H30N2O2S. The van der Waals surface area contributed by atoms with Crippen LogP contribution in [-0.4, -0.2) is 57.9 Å². The van der Waals surface area contributed by atoms with E-state index in [1.54, 1.807) is 25.2 Å². The van der Waals surface area contributed by atoms with Crippen molar-refractivity contribution < 1.29 is 10.2 Å². The van der Waals surface area contributed by atoms with Crippen LogP contribution in [0.25, 0.3) is 0 Å². The summed E-state index contributed by atoms with van der Waals surface area (Å²) in [6.07, 6.45) is 0.813. The number of piperazine rings is 1. The van der Waals surface area contributed by atoms with E-state index in [4.69, 9.17) is 0 Å². The number of aliphatic hydroxyl groups excluding tert-OH is 1. The molecule has 1 aliphatic rings. The number of aliphatic hydroxyl groups is 2. The van der Waals surface area contributed by atoms with Crippen molar-refractivity contribution in [3.63, 3.8) is 0 Å². The summed E-state index contributed by atoms with van der Waals surface area (Å²) < 4.78 is 0. The van der Waals surface area contributed by atoms with Gasteiger partial charge in [-0.25, -0.2) is 0 Å². The van der Waals surface area contributed by atoms with Crippen LogP contribution in [0.2, 0.25) is 0 Å². The highest BCUT2D eigenvalue weighted by atomic mass is 32.1. The molecule has 1 atom stereocenters. The van der Waals surface area contributed by atoms with Gasteiger partial charge in [0, 0.05) is 55.8 Å². The molecule has 2 N–H and O–H groups in total. The van der Waals surface area contributed by atoms with Gasteiger partial charge < -0.3 is 10.2 Å². The van der Waals surface area contributed by atoms with Gasteiger partial charge in [-0.3, -0.25) is 9.80 Å². The third-order valence-electron chi connectivity index (χ3n) is 4.96. The number of hydrogen-bond acceptors (Lipinski definition) is 5. The second-order valence-electron chi connectivity index (χ2n) is 7.96. The molecule has 2 aromatic rings. The number of benzene rings is 1. The highest BCUT2D eigenvalue weighted by molar-refractivity contribution is 7.09.